The highest BCUT2D eigenvalue weighted by atomic mass is 35.5. The van der Waals surface area contributed by atoms with Crippen molar-refractivity contribution in [3.05, 3.63) is 51.8 Å². The third kappa shape index (κ3) is 3.92. The molecule has 6 heteroatoms. The van der Waals surface area contributed by atoms with Crippen LogP contribution in [0.15, 0.2) is 36.0 Å². The number of benzene rings is 1. The average molecular weight is 351 g/mol. The van der Waals surface area contributed by atoms with Gasteiger partial charge in [-0.1, -0.05) is 24.3 Å². The molecule has 0 radical (unpaired) electrons. The number of nitrogens with zero attached hydrogens (tertiary/aromatic N) is 2. The second-order valence-corrected chi connectivity index (χ2v) is 7.34. The Kier molecular flexibility index (Phi) is 5.12. The summed E-state index contributed by atoms with van der Waals surface area (Å²) in [5, 5.41) is 0.462. The van der Waals surface area contributed by atoms with Gasteiger partial charge >= 0.3 is 0 Å². The number of rotatable bonds is 3. The first kappa shape index (κ1) is 17.5. The number of hydrogen-bond donors (Lipinski definition) is 0. The first-order valence-corrected chi connectivity index (χ1v) is 8.20. The Morgan fingerprint density at radius 1 is 1.43 bits per heavy atom. The highest BCUT2D eigenvalue weighted by Gasteiger charge is 2.16. The Balaban J connectivity index is 2.54. The van der Waals surface area contributed by atoms with Crippen LogP contribution < -0.4 is 9.41 Å². The van der Waals surface area contributed by atoms with Crippen LogP contribution in [0.5, 0.6) is 5.75 Å². The van der Waals surface area contributed by atoms with Crippen molar-refractivity contribution in [2.45, 2.75) is 26.3 Å². The molecule has 0 fully saturated rings. The van der Waals surface area contributed by atoms with Gasteiger partial charge in [0, 0.05) is 22.3 Å². The molecule has 0 saturated heterocycles. The summed E-state index contributed by atoms with van der Waals surface area (Å²) in [4.78, 5) is 16.8. The minimum Gasteiger partial charge on any atom is -0.496 e. The van der Waals surface area contributed by atoms with Crippen molar-refractivity contribution in [3.63, 3.8) is 0 Å². The molecule has 1 amide bonds. The van der Waals surface area contributed by atoms with Crippen molar-refractivity contribution in [1.82, 2.24) is 3.96 Å². The number of methoxy groups -OCH3 is 1. The fourth-order valence-corrected chi connectivity index (χ4v) is 3.07. The average Bonchev–Trinajstić information content (AvgIpc) is 2.90. The first-order chi connectivity index (χ1) is 10.8. The zero-order valence-corrected chi connectivity index (χ0v) is 15.2. The molecule has 2 aromatic rings. The number of aromatic nitrogens is 1. The van der Waals surface area contributed by atoms with Crippen molar-refractivity contribution in [1.29, 1.82) is 0 Å². The topological polar surface area (TPSA) is 43.6 Å². The minimum atomic E-state index is -0.393. The zero-order chi connectivity index (χ0) is 17.2. The van der Waals surface area contributed by atoms with Crippen molar-refractivity contribution in [2.24, 2.45) is 4.99 Å². The summed E-state index contributed by atoms with van der Waals surface area (Å²) in [6.07, 6.45) is 3.64. The van der Waals surface area contributed by atoms with Gasteiger partial charge in [0.1, 0.15) is 10.4 Å². The molecule has 1 heterocycles. The van der Waals surface area contributed by atoms with E-state index in [0.717, 1.165) is 5.56 Å². The molecule has 0 aliphatic rings. The van der Waals surface area contributed by atoms with E-state index < -0.39 is 5.91 Å². The summed E-state index contributed by atoms with van der Waals surface area (Å²) in [6, 6.07) is 4.89. The third-order valence-corrected chi connectivity index (χ3v) is 4.75. The van der Waals surface area contributed by atoms with E-state index in [9.17, 15) is 4.79 Å². The van der Waals surface area contributed by atoms with Crippen LogP contribution >= 0.6 is 23.1 Å². The maximum absolute atomic E-state index is 12.5. The molecule has 1 aromatic carbocycles. The fourth-order valence-electron chi connectivity index (χ4n) is 1.91. The van der Waals surface area contributed by atoms with Gasteiger partial charge in [-0.15, -0.1) is 0 Å². The van der Waals surface area contributed by atoms with Gasteiger partial charge in [0.05, 0.1) is 12.7 Å². The lowest BCUT2D eigenvalue weighted by Crippen LogP contribution is -2.18. The number of carbonyl (C=O) groups is 1. The second kappa shape index (κ2) is 6.72. The first-order valence-electron chi connectivity index (χ1n) is 7.04. The smallest absolute Gasteiger partial charge is 0.282 e. The third-order valence-electron chi connectivity index (χ3n) is 3.16. The Morgan fingerprint density at radius 3 is 2.70 bits per heavy atom. The number of ether oxygens (including phenoxy) is 1. The molecule has 2 rings (SSSR count). The maximum Gasteiger partial charge on any atom is 0.282 e. The van der Waals surface area contributed by atoms with Crippen molar-refractivity contribution >= 4 is 35.1 Å². The highest BCUT2D eigenvalue weighted by Crippen LogP contribution is 2.23. The molecule has 0 aliphatic carbocycles. The summed E-state index contributed by atoms with van der Waals surface area (Å²) in [6.45, 7) is 10.0. The lowest BCUT2D eigenvalue weighted by atomic mass is 10.1. The fraction of sp³-hybridized carbons (Fsp3) is 0.294. The molecule has 1 aromatic heterocycles. The van der Waals surface area contributed by atoms with Crippen molar-refractivity contribution < 1.29 is 9.53 Å². The van der Waals surface area contributed by atoms with Crippen LogP contribution in [0.1, 0.15) is 36.7 Å². The predicted molar refractivity (Wildman–Crippen MR) is 95.3 cm³/mol. The van der Waals surface area contributed by atoms with E-state index in [-0.39, 0.29) is 5.54 Å². The van der Waals surface area contributed by atoms with Crippen LogP contribution in [0.4, 0.5) is 0 Å². The lowest BCUT2D eigenvalue weighted by Gasteiger charge is -2.19. The standard InChI is InChI=1S/C17H19ClN2O2S/c1-6-11-10-20(17(2,3)4)23-16(11)19-15(21)13-9-12(18)7-8-14(13)22-5/h6-10H,1H2,2-5H3. The van der Waals surface area contributed by atoms with Crippen LogP contribution in [0.2, 0.25) is 5.02 Å². The van der Waals surface area contributed by atoms with E-state index in [2.05, 4.69) is 32.3 Å². The van der Waals surface area contributed by atoms with Gasteiger partial charge in [0.15, 0.2) is 0 Å². The number of halogens is 1. The van der Waals surface area contributed by atoms with E-state index >= 15 is 0 Å². The summed E-state index contributed by atoms with van der Waals surface area (Å²) >= 11 is 7.39. The van der Waals surface area contributed by atoms with Gasteiger partial charge in [-0.2, -0.15) is 4.99 Å². The highest BCUT2D eigenvalue weighted by molar-refractivity contribution is 7.04. The normalized spacial score (nSPS) is 12.3. The minimum absolute atomic E-state index is 0.0903. The molecule has 122 valence electrons. The Morgan fingerprint density at radius 2 is 2.13 bits per heavy atom. The van der Waals surface area contributed by atoms with E-state index in [1.807, 2.05) is 10.2 Å². The van der Waals surface area contributed by atoms with E-state index in [1.165, 1.54) is 18.6 Å². The van der Waals surface area contributed by atoms with Gasteiger partial charge in [0.25, 0.3) is 5.91 Å². The van der Waals surface area contributed by atoms with Crippen LogP contribution in [0, 0.1) is 0 Å². The molecule has 23 heavy (non-hydrogen) atoms. The van der Waals surface area contributed by atoms with Gasteiger partial charge in [-0.25, -0.2) is 0 Å². The molecule has 0 saturated carbocycles. The largest absolute Gasteiger partial charge is 0.496 e. The molecule has 0 aliphatic heterocycles. The van der Waals surface area contributed by atoms with Crippen molar-refractivity contribution in [3.8, 4) is 5.75 Å². The van der Waals surface area contributed by atoms with Gasteiger partial charge in [-0.3, -0.25) is 8.75 Å². The molecule has 0 atom stereocenters. The summed E-state index contributed by atoms with van der Waals surface area (Å²) in [7, 11) is 1.51. The SMILES string of the molecule is C=Cc1cn(C(C)(C)C)sc1=NC(=O)c1cc(Cl)ccc1OC. The van der Waals surface area contributed by atoms with Gasteiger partial charge in [0.2, 0.25) is 0 Å². The number of carbonyl (C=O) groups excluding carboxylic acids is 1. The molecule has 0 spiro atoms. The summed E-state index contributed by atoms with van der Waals surface area (Å²) in [5.74, 6) is 0.0546. The van der Waals surface area contributed by atoms with Crippen molar-refractivity contribution in [2.75, 3.05) is 7.11 Å². The lowest BCUT2D eigenvalue weighted by molar-refractivity contribution is 0.0996. The zero-order valence-electron chi connectivity index (χ0n) is 13.6. The molecule has 0 N–H and O–H groups in total. The van der Waals surface area contributed by atoms with Crippen LogP contribution in [-0.2, 0) is 5.54 Å². The Hall–Kier alpha value is -1.85. The van der Waals surface area contributed by atoms with E-state index in [4.69, 9.17) is 16.3 Å². The van der Waals surface area contributed by atoms with Crippen LogP contribution in [0.25, 0.3) is 6.08 Å². The Labute approximate surface area is 144 Å². The predicted octanol–water partition coefficient (Wildman–Crippen LogP) is 4.35. The molecule has 0 unspecified atom stereocenters. The number of amides is 1. The van der Waals surface area contributed by atoms with Crippen LogP contribution in [-0.4, -0.2) is 17.0 Å². The van der Waals surface area contributed by atoms with Crippen LogP contribution in [0.3, 0.4) is 0 Å². The molecular formula is C17H19ClN2O2S. The Bertz CT molecular complexity index is 813. The molecule has 0 bridgehead atoms. The second-order valence-electron chi connectivity index (χ2n) is 5.94. The molecule has 4 nitrogen and oxygen atoms in total. The van der Waals surface area contributed by atoms with Gasteiger partial charge in [-0.05, 0) is 50.5 Å². The quantitative estimate of drug-likeness (QED) is 0.825. The maximum atomic E-state index is 12.5. The number of hydrogen-bond acceptors (Lipinski definition) is 3. The van der Waals surface area contributed by atoms with Gasteiger partial charge < -0.3 is 4.74 Å². The van der Waals surface area contributed by atoms with E-state index in [1.54, 1.807) is 24.3 Å². The monoisotopic (exact) mass is 350 g/mol. The molecular weight excluding hydrogens is 332 g/mol. The summed E-state index contributed by atoms with van der Waals surface area (Å²) in [5.41, 5.74) is 1.07. The van der Waals surface area contributed by atoms with E-state index in [0.29, 0.717) is 21.0 Å². The summed E-state index contributed by atoms with van der Waals surface area (Å²) < 4.78 is 7.87.